The third kappa shape index (κ3) is 10.6. The molecule has 3 nitrogen and oxygen atoms in total. The number of ether oxygens (including phenoxy) is 2. The number of esters is 1. The highest BCUT2D eigenvalue weighted by Crippen LogP contribution is 2.30. The van der Waals surface area contributed by atoms with Crippen molar-refractivity contribution in [3.8, 4) is 33.8 Å². The summed E-state index contributed by atoms with van der Waals surface area (Å²) < 4.78 is 11.6. The number of hydrogen-bond donors (Lipinski definition) is 0. The summed E-state index contributed by atoms with van der Waals surface area (Å²) in [5.74, 6) is 0.948. The SMILES string of the molecule is CCCCCCCCCOc1ccc(-c2ccc(OC(=O)c3ccc(-c4ccc(CCCCCC)cc4)c(Cl)c3)cc2)cc1. The largest absolute Gasteiger partial charge is 0.494 e. The summed E-state index contributed by atoms with van der Waals surface area (Å²) >= 11 is 6.62. The predicted octanol–water partition coefficient (Wildman–Crippen LogP) is 12.1. The fourth-order valence-electron chi connectivity index (χ4n) is 5.36. The van der Waals surface area contributed by atoms with Crippen LogP contribution in [-0.4, -0.2) is 12.6 Å². The number of unbranched alkanes of at least 4 members (excludes halogenated alkanes) is 9. The number of rotatable bonds is 18. The van der Waals surface area contributed by atoms with Gasteiger partial charge in [-0.3, -0.25) is 0 Å². The average Bonchev–Trinajstić information content (AvgIpc) is 3.05. The highest BCUT2D eigenvalue weighted by Gasteiger charge is 2.13. The van der Waals surface area contributed by atoms with Gasteiger partial charge in [0.15, 0.2) is 0 Å². The highest BCUT2D eigenvalue weighted by atomic mass is 35.5. The van der Waals surface area contributed by atoms with Gasteiger partial charge in [0.05, 0.1) is 12.2 Å². The number of carbonyl (C=O) groups excluding carboxylic acids is 1. The summed E-state index contributed by atoms with van der Waals surface area (Å²) in [4.78, 5) is 12.9. The predicted molar refractivity (Wildman–Crippen MR) is 185 cm³/mol. The molecule has 0 N–H and O–H groups in total. The molecule has 4 rings (SSSR count). The highest BCUT2D eigenvalue weighted by molar-refractivity contribution is 6.33. The third-order valence-electron chi connectivity index (χ3n) is 8.06. The Balaban J connectivity index is 1.25. The molecule has 0 aliphatic rings. The molecule has 0 aromatic heterocycles. The molecule has 0 heterocycles. The monoisotopic (exact) mass is 610 g/mol. The number of benzene rings is 4. The lowest BCUT2D eigenvalue weighted by molar-refractivity contribution is 0.0735. The standard InChI is InChI=1S/C40H47ClO3/c1-3-5-7-9-10-11-13-29-43-36-24-19-32(20-25-36)33-21-26-37(27-22-33)44-40(42)35-23-28-38(39(41)30-35)34-17-15-31(16-18-34)14-12-8-6-4-2/h15-28,30H,3-14,29H2,1-2H3. The third-order valence-corrected chi connectivity index (χ3v) is 8.37. The Kier molecular flexibility index (Phi) is 13.9. The van der Waals surface area contributed by atoms with E-state index in [1.807, 2.05) is 42.5 Å². The Labute approximate surface area is 269 Å². The van der Waals surface area contributed by atoms with Crippen LogP contribution in [0.2, 0.25) is 5.02 Å². The molecule has 0 saturated carbocycles. The van der Waals surface area contributed by atoms with Crippen molar-refractivity contribution in [2.75, 3.05) is 6.61 Å². The maximum absolute atomic E-state index is 12.9. The number of aryl methyl sites for hydroxylation is 1. The van der Waals surface area contributed by atoms with Gasteiger partial charge in [0, 0.05) is 10.6 Å². The van der Waals surface area contributed by atoms with E-state index in [1.54, 1.807) is 12.1 Å². The molecule has 0 saturated heterocycles. The van der Waals surface area contributed by atoms with Crippen molar-refractivity contribution in [1.29, 1.82) is 0 Å². The smallest absolute Gasteiger partial charge is 0.343 e. The quantitative estimate of drug-likeness (QED) is 0.0638. The second-order valence-electron chi connectivity index (χ2n) is 11.6. The van der Waals surface area contributed by atoms with Gasteiger partial charge in [-0.15, -0.1) is 0 Å². The lowest BCUT2D eigenvalue weighted by Crippen LogP contribution is -2.08. The normalized spacial score (nSPS) is 11.0. The number of carbonyl (C=O) groups is 1. The molecule has 0 fully saturated rings. The molecule has 4 aromatic rings. The molecule has 0 aliphatic heterocycles. The van der Waals surface area contributed by atoms with E-state index in [0.717, 1.165) is 47.5 Å². The van der Waals surface area contributed by atoms with Crippen molar-refractivity contribution >= 4 is 17.6 Å². The van der Waals surface area contributed by atoms with Gasteiger partial charge in [0.1, 0.15) is 11.5 Å². The molecule has 0 amide bonds. The first-order chi connectivity index (χ1) is 21.6. The van der Waals surface area contributed by atoms with Crippen LogP contribution in [0.1, 0.15) is 100 Å². The van der Waals surface area contributed by atoms with Crippen molar-refractivity contribution in [2.45, 2.75) is 90.9 Å². The number of halogens is 1. The fraction of sp³-hybridized carbons (Fsp3) is 0.375. The molecular formula is C40H47ClO3. The lowest BCUT2D eigenvalue weighted by Gasteiger charge is -2.10. The van der Waals surface area contributed by atoms with E-state index >= 15 is 0 Å². The topological polar surface area (TPSA) is 35.5 Å². The molecule has 4 heteroatoms. The first-order valence-corrected chi connectivity index (χ1v) is 16.9. The van der Waals surface area contributed by atoms with Gasteiger partial charge in [0.25, 0.3) is 0 Å². The Morgan fingerprint density at radius 2 is 1.14 bits per heavy atom. The second kappa shape index (κ2) is 18.3. The zero-order chi connectivity index (χ0) is 31.0. The summed E-state index contributed by atoms with van der Waals surface area (Å²) in [6, 6.07) is 29.6. The number of hydrogen-bond acceptors (Lipinski definition) is 3. The van der Waals surface area contributed by atoms with Gasteiger partial charge < -0.3 is 9.47 Å². The minimum Gasteiger partial charge on any atom is -0.494 e. The minimum atomic E-state index is -0.434. The van der Waals surface area contributed by atoms with Crippen LogP contribution in [0.4, 0.5) is 0 Å². The molecule has 0 spiro atoms. The van der Waals surface area contributed by atoms with Gasteiger partial charge in [-0.05, 0) is 77.9 Å². The average molecular weight is 611 g/mol. The molecule has 0 bridgehead atoms. The fourth-order valence-corrected chi connectivity index (χ4v) is 5.65. The van der Waals surface area contributed by atoms with Crippen LogP contribution >= 0.6 is 11.6 Å². The Morgan fingerprint density at radius 3 is 1.75 bits per heavy atom. The summed E-state index contributed by atoms with van der Waals surface area (Å²) in [5, 5.41) is 0.528. The van der Waals surface area contributed by atoms with Gasteiger partial charge >= 0.3 is 5.97 Å². The Hall–Kier alpha value is -3.56. The van der Waals surface area contributed by atoms with E-state index in [2.05, 4.69) is 50.2 Å². The van der Waals surface area contributed by atoms with Crippen LogP contribution in [0.15, 0.2) is 91.0 Å². The molecule has 0 aliphatic carbocycles. The molecule has 232 valence electrons. The van der Waals surface area contributed by atoms with E-state index in [4.69, 9.17) is 21.1 Å². The van der Waals surface area contributed by atoms with Crippen LogP contribution in [0.3, 0.4) is 0 Å². The molecule has 44 heavy (non-hydrogen) atoms. The maximum Gasteiger partial charge on any atom is 0.343 e. The second-order valence-corrected chi connectivity index (χ2v) is 12.0. The zero-order valence-electron chi connectivity index (χ0n) is 26.5. The summed E-state index contributed by atoms with van der Waals surface area (Å²) in [7, 11) is 0. The molecular weight excluding hydrogens is 564 g/mol. The van der Waals surface area contributed by atoms with E-state index < -0.39 is 5.97 Å². The zero-order valence-corrected chi connectivity index (χ0v) is 27.2. The van der Waals surface area contributed by atoms with Crippen LogP contribution in [-0.2, 0) is 6.42 Å². The van der Waals surface area contributed by atoms with Crippen molar-refractivity contribution in [3.05, 3.63) is 107 Å². The maximum atomic E-state index is 12.9. The van der Waals surface area contributed by atoms with Crippen LogP contribution in [0.5, 0.6) is 11.5 Å². The summed E-state index contributed by atoms with van der Waals surface area (Å²) in [6.07, 6.45) is 15.1. The van der Waals surface area contributed by atoms with Gasteiger partial charge in [-0.25, -0.2) is 4.79 Å². The Morgan fingerprint density at radius 1 is 0.591 bits per heavy atom. The van der Waals surface area contributed by atoms with Crippen molar-refractivity contribution in [2.24, 2.45) is 0 Å². The first kappa shape index (κ1) is 33.3. The molecule has 4 aromatic carbocycles. The van der Waals surface area contributed by atoms with E-state index in [-0.39, 0.29) is 0 Å². The van der Waals surface area contributed by atoms with E-state index in [1.165, 1.54) is 69.8 Å². The molecule has 0 radical (unpaired) electrons. The van der Waals surface area contributed by atoms with E-state index in [0.29, 0.717) is 16.3 Å². The van der Waals surface area contributed by atoms with Crippen LogP contribution in [0.25, 0.3) is 22.3 Å². The minimum absolute atomic E-state index is 0.419. The van der Waals surface area contributed by atoms with Gasteiger partial charge in [-0.2, -0.15) is 0 Å². The molecule has 0 atom stereocenters. The van der Waals surface area contributed by atoms with Crippen LogP contribution < -0.4 is 9.47 Å². The summed E-state index contributed by atoms with van der Waals surface area (Å²) in [6.45, 7) is 5.24. The van der Waals surface area contributed by atoms with Gasteiger partial charge in [-0.1, -0.05) is 138 Å². The van der Waals surface area contributed by atoms with E-state index in [9.17, 15) is 4.79 Å². The van der Waals surface area contributed by atoms with Crippen molar-refractivity contribution in [1.82, 2.24) is 0 Å². The Bertz CT molecular complexity index is 1410. The lowest BCUT2D eigenvalue weighted by atomic mass is 10.00. The summed E-state index contributed by atoms with van der Waals surface area (Å²) in [5.41, 5.74) is 5.82. The van der Waals surface area contributed by atoms with Crippen molar-refractivity contribution < 1.29 is 14.3 Å². The first-order valence-electron chi connectivity index (χ1n) is 16.5. The molecule has 0 unspecified atom stereocenters. The van der Waals surface area contributed by atoms with Crippen LogP contribution in [0, 0.1) is 0 Å². The van der Waals surface area contributed by atoms with Crippen molar-refractivity contribution in [3.63, 3.8) is 0 Å². The van der Waals surface area contributed by atoms with Gasteiger partial charge in [0.2, 0.25) is 0 Å².